The normalized spacial score (nSPS) is 17.7. The lowest BCUT2D eigenvalue weighted by atomic mass is 9.96. The van der Waals surface area contributed by atoms with Gasteiger partial charge in [0.15, 0.2) is 0 Å². The predicted octanol–water partition coefficient (Wildman–Crippen LogP) is -2.74. The Morgan fingerprint density at radius 1 is 0.530 bits per heavy atom. The van der Waals surface area contributed by atoms with E-state index in [-0.39, 0.29) is 96.0 Å². The number of fused-ring (bicyclic) bond motifs is 2. The number of primary amides is 1. The van der Waals surface area contributed by atoms with Crippen LogP contribution in [-0.4, -0.2) is 221 Å². The van der Waals surface area contributed by atoms with Gasteiger partial charge in [0.2, 0.25) is 82.7 Å². The minimum absolute atomic E-state index is 0.00670. The molecule has 37 heteroatoms. The van der Waals surface area contributed by atoms with E-state index in [4.69, 9.17) is 27.7 Å². The van der Waals surface area contributed by atoms with Crippen LogP contribution in [0.15, 0.2) is 85.2 Å². The summed E-state index contributed by atoms with van der Waals surface area (Å²) in [6.45, 7) is 5.65. The van der Waals surface area contributed by atoms with E-state index in [2.05, 4.69) is 92.9 Å². The van der Waals surface area contributed by atoms with Crippen LogP contribution >= 0.6 is 0 Å². The van der Waals surface area contributed by atoms with E-state index < -0.39 is 194 Å². The van der Waals surface area contributed by atoms with Gasteiger partial charge in [-0.05, 0) is 124 Å². The molecule has 1 aliphatic rings. The van der Waals surface area contributed by atoms with Gasteiger partial charge in [-0.15, -0.1) is 0 Å². The van der Waals surface area contributed by atoms with Gasteiger partial charge >= 0.3 is 5.97 Å². The maximum atomic E-state index is 15.0. The van der Waals surface area contributed by atoms with Crippen LogP contribution in [0, 0.1) is 11.8 Å². The van der Waals surface area contributed by atoms with Crippen molar-refractivity contribution in [3.63, 3.8) is 0 Å². The summed E-state index contributed by atoms with van der Waals surface area (Å²) in [6, 6.07) is 4.50. The highest BCUT2D eigenvalue weighted by Gasteiger charge is 2.40. The number of phenolic OH excluding ortho intramolecular Hbond substituents is 1. The minimum atomic E-state index is -1.87. The number of H-pyrrole nitrogens is 2. The highest BCUT2D eigenvalue weighted by Crippen LogP contribution is 2.23. The molecule has 3 heterocycles. The number of phenols is 1. The monoisotopic (exact) mass is 1600 g/mol. The molecule has 0 unspecified atom stereocenters. The Labute approximate surface area is 665 Å². The number of carbonyl (C=O) groups excluding carboxylic acids is 15. The molecular weight excluding hydrogens is 1490 g/mol. The van der Waals surface area contributed by atoms with Gasteiger partial charge in [0.1, 0.15) is 78.8 Å². The summed E-state index contributed by atoms with van der Waals surface area (Å²) in [7, 11) is 0. The summed E-state index contributed by atoms with van der Waals surface area (Å²) in [5.74, 6) is -14.3. The van der Waals surface area contributed by atoms with Crippen molar-refractivity contribution in [1.29, 1.82) is 0 Å². The summed E-state index contributed by atoms with van der Waals surface area (Å²) in [5, 5.41) is 54.9. The number of esters is 1. The van der Waals surface area contributed by atoms with Crippen LogP contribution in [-0.2, 0) is 95.9 Å². The molecule has 3 aromatic carbocycles. The maximum absolute atomic E-state index is 15.0. The SMILES string of the molecule is CC[C@H](C)[C@@H]1NC(=O)[C@@H](NC(=O)[C@H](Cc2c[nH]c3ccccc23)NC(=O)[C@@H](CCCN)NC(=O)CNC(=O)[C@H](CCCN)NC(=O)[C@@H](CCCN)NC(=O)[C@@H](Cc2c[nH]c3ccccc23)NC(=O)[C@@H](Cc2ccc(O)cc2)NC(=O)[C@@H](CO)NC(=O)CCCCCC(C)C)[C@H](C)OC(=O)CNC(=O)CNC(=O)[C@H](CC(N)=O)NC1=O. The third-order valence-electron chi connectivity index (χ3n) is 19.5. The number of aliphatic hydroxyl groups excluding tert-OH is 1. The van der Waals surface area contributed by atoms with Crippen molar-refractivity contribution in [2.45, 2.75) is 204 Å². The number of aliphatic hydroxyl groups is 1. The molecule has 6 rings (SSSR count). The highest BCUT2D eigenvalue weighted by molar-refractivity contribution is 6.01. The predicted molar refractivity (Wildman–Crippen MR) is 423 cm³/mol. The van der Waals surface area contributed by atoms with Crippen LogP contribution < -0.4 is 92.1 Å². The third kappa shape index (κ3) is 30.0. The minimum Gasteiger partial charge on any atom is -0.508 e. The van der Waals surface area contributed by atoms with Gasteiger partial charge < -0.3 is 117 Å². The number of ether oxygens (including phenoxy) is 1. The molecule has 14 amide bonds. The molecule has 1 saturated heterocycles. The number of para-hydroxylation sites is 2. The van der Waals surface area contributed by atoms with Crippen molar-refractivity contribution in [2.24, 2.45) is 34.8 Å². The molecule has 0 spiro atoms. The first kappa shape index (κ1) is 92.3. The highest BCUT2D eigenvalue weighted by atomic mass is 16.5. The number of hydrogen-bond acceptors (Lipinski definition) is 21. The summed E-state index contributed by atoms with van der Waals surface area (Å²) in [6.07, 6.45) is 3.82. The largest absolute Gasteiger partial charge is 0.508 e. The zero-order chi connectivity index (χ0) is 84.3. The molecule has 0 radical (unpaired) electrons. The number of aromatic amines is 2. The van der Waals surface area contributed by atoms with Crippen LogP contribution in [0.1, 0.15) is 135 Å². The number of rotatable bonds is 43. The molecular formula is C78H113N19O18. The van der Waals surface area contributed by atoms with E-state index in [0.717, 1.165) is 19.3 Å². The molecule has 2 aromatic heterocycles. The fourth-order valence-corrected chi connectivity index (χ4v) is 12.8. The fourth-order valence-electron chi connectivity index (χ4n) is 12.8. The number of unbranched alkanes of at least 4 members (excludes halogenated alkanes) is 2. The number of nitrogens with one attached hydrogen (secondary N) is 15. The maximum Gasteiger partial charge on any atom is 0.325 e. The number of benzene rings is 3. The average Bonchev–Trinajstić information content (AvgIpc) is 1.73. The standard InChI is InChI=1S/C78H113N19O18/c1-6-44(4)67-77(113)95-60(36-62(82)100)70(106)86-39-64(102)85-41-66(104)115-45(5)68(78(114)96-67)97-75(111)59(35-48-38-84-53-21-13-11-19-51(48)53)93-71(107)55(23-15-31-80)88-65(103)40-87-69(105)54(22-14-30-79)90-72(108)56(24-16-32-81)91-74(110)58(34-47-37-83-52-20-12-10-18-50(47)52)94-73(109)57(33-46-26-28-49(99)29-27-46)92-76(112)61(42-98)89-63(101)25-9-7-8-17-43(2)3/h10-13,18-21,26-29,37-38,43-45,54-61,67-68,83-84,98-99H,6-9,14-17,22-25,30-36,39-42,79-81H2,1-5H3,(H2,82,100)(H,85,102)(H,86,106)(H,87,105)(H,88,103)(H,89,101)(H,90,108)(H,91,110)(H,92,112)(H,93,107)(H,94,109)(H,95,113)(H,96,114)(H,97,111)/t44-,45-,54-,55+,56+,57+,58+,59-,60-,61+,67-,68-/m0/s1. The quantitative estimate of drug-likeness (QED) is 0.0139. The van der Waals surface area contributed by atoms with E-state index in [9.17, 15) is 77.3 Å². The number of aromatic hydroxyl groups is 1. The lowest BCUT2D eigenvalue weighted by Gasteiger charge is -2.31. The first-order valence-electron chi connectivity index (χ1n) is 38.9. The number of carbonyl (C=O) groups is 15. The fraction of sp³-hybridized carbons (Fsp3) is 0.526. The summed E-state index contributed by atoms with van der Waals surface area (Å²) in [4.78, 5) is 216. The summed E-state index contributed by atoms with van der Waals surface area (Å²) in [5.41, 5.74) is 26.0. The molecule has 628 valence electrons. The summed E-state index contributed by atoms with van der Waals surface area (Å²) >= 11 is 0. The van der Waals surface area contributed by atoms with Gasteiger partial charge in [-0.1, -0.05) is 102 Å². The lowest BCUT2D eigenvalue weighted by Crippen LogP contribution is -2.63. The third-order valence-corrected chi connectivity index (χ3v) is 19.5. The Kier molecular flexibility index (Phi) is 37.9. The Morgan fingerprint density at radius 2 is 1.03 bits per heavy atom. The Morgan fingerprint density at radius 3 is 1.56 bits per heavy atom. The zero-order valence-electron chi connectivity index (χ0n) is 65.6. The van der Waals surface area contributed by atoms with Crippen LogP contribution in [0.4, 0.5) is 0 Å². The first-order valence-corrected chi connectivity index (χ1v) is 38.9. The van der Waals surface area contributed by atoms with Gasteiger partial charge in [-0.25, -0.2) is 0 Å². The molecule has 5 aromatic rings. The number of nitrogens with two attached hydrogens (primary N) is 4. The smallest absolute Gasteiger partial charge is 0.325 e. The van der Waals surface area contributed by atoms with Crippen molar-refractivity contribution in [3.8, 4) is 5.75 Å². The van der Waals surface area contributed by atoms with E-state index in [1.807, 2.05) is 0 Å². The van der Waals surface area contributed by atoms with Crippen molar-refractivity contribution >= 4 is 110 Å². The lowest BCUT2D eigenvalue weighted by molar-refractivity contribution is -0.153. The molecule has 0 saturated carbocycles. The molecule has 25 N–H and O–H groups in total. The molecule has 37 nitrogen and oxygen atoms in total. The first-order chi connectivity index (χ1) is 54.9. The van der Waals surface area contributed by atoms with Gasteiger partial charge in [0.25, 0.3) is 0 Å². The molecule has 1 fully saturated rings. The van der Waals surface area contributed by atoms with Crippen molar-refractivity contribution < 1.29 is 86.9 Å². The van der Waals surface area contributed by atoms with E-state index in [0.29, 0.717) is 50.8 Å². The molecule has 0 aliphatic carbocycles. The molecule has 115 heavy (non-hydrogen) atoms. The second kappa shape index (κ2) is 47.2. The van der Waals surface area contributed by atoms with Gasteiger partial charge in [-0.2, -0.15) is 0 Å². The Hall–Kier alpha value is -11.6. The molecule has 1 aliphatic heterocycles. The number of aromatic nitrogens is 2. The van der Waals surface area contributed by atoms with Gasteiger partial charge in [0.05, 0.1) is 26.1 Å². The number of cyclic esters (lactones) is 1. The number of hydrogen-bond donors (Lipinski definition) is 21. The van der Waals surface area contributed by atoms with Crippen molar-refractivity contribution in [3.05, 3.63) is 102 Å². The second-order valence-electron chi connectivity index (χ2n) is 29.0. The average molecular weight is 1600 g/mol. The van der Waals surface area contributed by atoms with Gasteiger partial charge in [-0.3, -0.25) is 71.9 Å². The topological polar surface area (TPSA) is 598 Å². The van der Waals surface area contributed by atoms with E-state index >= 15 is 4.79 Å². The van der Waals surface area contributed by atoms with Gasteiger partial charge in [0, 0.05) is 59.9 Å². The zero-order valence-corrected chi connectivity index (χ0v) is 65.6. The van der Waals surface area contributed by atoms with Crippen LogP contribution in [0.25, 0.3) is 21.8 Å². The van der Waals surface area contributed by atoms with E-state index in [1.54, 1.807) is 74.8 Å². The Balaban J connectivity index is 1.22. The Bertz CT molecular complexity index is 4150. The van der Waals surface area contributed by atoms with Crippen molar-refractivity contribution in [2.75, 3.05) is 45.9 Å². The van der Waals surface area contributed by atoms with Crippen LogP contribution in [0.3, 0.4) is 0 Å². The van der Waals surface area contributed by atoms with Crippen molar-refractivity contribution in [1.82, 2.24) is 79.1 Å². The van der Waals surface area contributed by atoms with E-state index in [1.165, 1.54) is 31.2 Å². The van der Waals surface area contributed by atoms with Crippen LogP contribution in [0.2, 0.25) is 0 Å². The number of amides is 14. The second-order valence-corrected chi connectivity index (χ2v) is 29.0. The molecule has 12 atom stereocenters. The molecule has 0 bridgehead atoms. The van der Waals surface area contributed by atoms with Crippen LogP contribution in [0.5, 0.6) is 5.75 Å². The summed E-state index contributed by atoms with van der Waals surface area (Å²) < 4.78 is 5.56.